The Morgan fingerprint density at radius 1 is 1.22 bits per heavy atom. The number of thiazole rings is 1. The third-order valence-corrected chi connectivity index (χ3v) is 6.24. The monoisotopic (exact) mass is 462 g/mol. The Morgan fingerprint density at radius 3 is 2.66 bits per heavy atom. The molecule has 32 heavy (non-hydrogen) atoms. The van der Waals surface area contributed by atoms with E-state index in [1.54, 1.807) is 0 Å². The Hall–Kier alpha value is -2.95. The normalized spacial score (nSPS) is 14.2. The molecule has 168 valence electrons. The van der Waals surface area contributed by atoms with E-state index in [2.05, 4.69) is 15.6 Å². The van der Waals surface area contributed by atoms with E-state index in [1.165, 1.54) is 23.5 Å². The summed E-state index contributed by atoms with van der Waals surface area (Å²) in [5.41, 5.74) is 9.25. The molecule has 4 rings (SSSR count). The van der Waals surface area contributed by atoms with Crippen LogP contribution < -0.4 is 16.4 Å². The average Bonchev–Trinajstić information content (AvgIpc) is 3.33. The number of fused-ring (bicyclic) bond motifs is 1. The van der Waals surface area contributed by atoms with Crippen molar-refractivity contribution in [3.05, 3.63) is 64.8 Å². The van der Waals surface area contributed by atoms with Gasteiger partial charge in [-0.25, -0.2) is 4.98 Å². The average molecular weight is 462 g/mol. The van der Waals surface area contributed by atoms with Crippen LogP contribution in [0.1, 0.15) is 22.4 Å². The number of anilines is 2. The lowest BCUT2D eigenvalue weighted by Crippen LogP contribution is -2.31. The summed E-state index contributed by atoms with van der Waals surface area (Å²) in [5.74, 6) is -0.0479. The van der Waals surface area contributed by atoms with Crippen molar-refractivity contribution in [2.75, 3.05) is 17.2 Å². The van der Waals surface area contributed by atoms with Crippen LogP contribution in [0.3, 0.4) is 0 Å². The summed E-state index contributed by atoms with van der Waals surface area (Å²) in [6, 6.07) is 10.3. The number of aliphatic hydroxyl groups is 1. The van der Waals surface area contributed by atoms with Gasteiger partial charge in [-0.2, -0.15) is 13.2 Å². The lowest BCUT2D eigenvalue weighted by atomic mass is 10.0. The molecule has 0 saturated heterocycles. The topological polar surface area (TPSA) is 100 Å². The summed E-state index contributed by atoms with van der Waals surface area (Å²) < 4.78 is 38.0. The molecule has 3 aromatic rings. The van der Waals surface area contributed by atoms with Crippen molar-refractivity contribution in [1.82, 2.24) is 4.98 Å². The summed E-state index contributed by atoms with van der Waals surface area (Å²) in [6.45, 7) is 0.126. The van der Waals surface area contributed by atoms with Crippen LogP contribution in [-0.4, -0.2) is 28.6 Å². The fourth-order valence-electron chi connectivity index (χ4n) is 3.55. The van der Waals surface area contributed by atoms with Crippen LogP contribution in [0, 0.1) is 0 Å². The molecule has 0 radical (unpaired) electrons. The number of aliphatic hydroxyl groups excluding tert-OH is 1. The lowest BCUT2D eigenvalue weighted by molar-refractivity contribution is -0.137. The van der Waals surface area contributed by atoms with Gasteiger partial charge in [-0.1, -0.05) is 29.5 Å². The molecule has 2 heterocycles. The summed E-state index contributed by atoms with van der Waals surface area (Å²) in [4.78, 5) is 16.8. The first kappa shape index (κ1) is 22.3. The van der Waals surface area contributed by atoms with Gasteiger partial charge in [-0.05, 0) is 47.4 Å². The number of carbonyl (C=O) groups is 1. The van der Waals surface area contributed by atoms with Crippen LogP contribution in [0.15, 0.2) is 42.5 Å². The number of nitrogens with two attached hydrogens (primary N) is 1. The van der Waals surface area contributed by atoms with E-state index in [-0.39, 0.29) is 18.6 Å². The molecule has 0 spiro atoms. The molecule has 1 aliphatic rings. The van der Waals surface area contributed by atoms with Crippen LogP contribution in [0.2, 0.25) is 0 Å². The van der Waals surface area contributed by atoms with Gasteiger partial charge in [0.1, 0.15) is 0 Å². The van der Waals surface area contributed by atoms with E-state index in [4.69, 9.17) is 5.73 Å². The molecule has 1 atom stereocenters. The maximum atomic E-state index is 12.7. The molecule has 2 aromatic carbocycles. The third-order valence-electron chi connectivity index (χ3n) is 5.13. The van der Waals surface area contributed by atoms with Gasteiger partial charge >= 0.3 is 6.18 Å². The highest BCUT2D eigenvalue weighted by molar-refractivity contribution is 7.19. The second kappa shape index (κ2) is 8.89. The number of hydrogen-bond acceptors (Lipinski definition) is 6. The first-order valence-electron chi connectivity index (χ1n) is 9.92. The number of nitrogens with zero attached hydrogens (tertiary/aromatic N) is 1. The van der Waals surface area contributed by atoms with Crippen molar-refractivity contribution in [2.24, 2.45) is 5.73 Å². The second-order valence-electron chi connectivity index (χ2n) is 7.59. The number of aromatic nitrogens is 1. The number of benzene rings is 2. The standard InChI is InChI=1S/C22H21F3N4O2S/c23-22(24,25)15-4-1-12(2-5-15)7-16(26)10-27-21-29-18(11-30)20(32-21)13-3-6-17-14(8-13)9-19(31)28-17/h1-6,8,16,30H,7,9-11,26H2,(H,27,29)(H,28,31)/t16-/m0/s1. The molecule has 1 aromatic heterocycles. The molecule has 0 aliphatic carbocycles. The number of halogens is 3. The SMILES string of the molecule is N[C@H](CNc1nc(CO)c(-c2ccc3c(c2)CC(=O)N3)s1)Cc1ccc(C(F)(F)F)cc1. The molecule has 1 aliphatic heterocycles. The molecule has 1 amide bonds. The summed E-state index contributed by atoms with van der Waals surface area (Å²) >= 11 is 1.37. The summed E-state index contributed by atoms with van der Waals surface area (Å²) in [7, 11) is 0. The van der Waals surface area contributed by atoms with Gasteiger partial charge in [0, 0.05) is 18.3 Å². The van der Waals surface area contributed by atoms with Gasteiger partial charge < -0.3 is 21.5 Å². The Kier molecular flexibility index (Phi) is 6.18. The first-order valence-corrected chi connectivity index (χ1v) is 10.7. The fourth-order valence-corrected chi connectivity index (χ4v) is 4.53. The Labute approximate surface area is 186 Å². The minimum Gasteiger partial charge on any atom is -0.390 e. The van der Waals surface area contributed by atoms with Crippen molar-refractivity contribution in [1.29, 1.82) is 0 Å². The molecule has 0 unspecified atom stereocenters. The fraction of sp³-hybridized carbons (Fsp3) is 0.273. The largest absolute Gasteiger partial charge is 0.416 e. The maximum absolute atomic E-state index is 12.7. The molecule has 10 heteroatoms. The van der Waals surface area contributed by atoms with Gasteiger partial charge in [-0.3, -0.25) is 4.79 Å². The zero-order valence-electron chi connectivity index (χ0n) is 16.9. The van der Waals surface area contributed by atoms with Crippen LogP contribution in [0.5, 0.6) is 0 Å². The molecular formula is C22H21F3N4O2S. The summed E-state index contributed by atoms with van der Waals surface area (Å²) in [5, 5.41) is 16.3. The van der Waals surface area contributed by atoms with E-state index in [0.717, 1.165) is 33.8 Å². The summed E-state index contributed by atoms with van der Waals surface area (Å²) in [6.07, 6.45) is -3.64. The zero-order valence-corrected chi connectivity index (χ0v) is 17.7. The number of hydrogen-bond donors (Lipinski definition) is 4. The van der Waals surface area contributed by atoms with Crippen LogP contribution in [-0.2, 0) is 30.4 Å². The number of amides is 1. The molecule has 0 saturated carbocycles. The van der Waals surface area contributed by atoms with E-state index in [1.807, 2.05) is 18.2 Å². The predicted octanol–water partition coefficient (Wildman–Crippen LogP) is 3.80. The Bertz CT molecular complexity index is 1130. The second-order valence-corrected chi connectivity index (χ2v) is 8.59. The molecule has 0 bridgehead atoms. The molecule has 0 fully saturated rings. The van der Waals surface area contributed by atoms with E-state index < -0.39 is 11.7 Å². The van der Waals surface area contributed by atoms with Crippen molar-refractivity contribution in [2.45, 2.75) is 31.7 Å². The van der Waals surface area contributed by atoms with Crippen molar-refractivity contribution >= 4 is 28.1 Å². The highest BCUT2D eigenvalue weighted by atomic mass is 32.1. The van der Waals surface area contributed by atoms with Gasteiger partial charge in [0.2, 0.25) is 5.91 Å². The molecule has 6 nitrogen and oxygen atoms in total. The number of alkyl halides is 3. The predicted molar refractivity (Wildman–Crippen MR) is 117 cm³/mol. The van der Waals surface area contributed by atoms with Crippen LogP contribution in [0.25, 0.3) is 10.4 Å². The molecule has 5 N–H and O–H groups in total. The minimum absolute atomic E-state index is 0.0479. The van der Waals surface area contributed by atoms with Crippen molar-refractivity contribution < 1.29 is 23.1 Å². The van der Waals surface area contributed by atoms with Crippen LogP contribution >= 0.6 is 11.3 Å². The number of nitrogens with one attached hydrogen (secondary N) is 2. The van der Waals surface area contributed by atoms with Gasteiger partial charge in [-0.15, -0.1) is 0 Å². The van der Waals surface area contributed by atoms with E-state index >= 15 is 0 Å². The Morgan fingerprint density at radius 2 is 1.97 bits per heavy atom. The number of rotatable bonds is 7. The molecular weight excluding hydrogens is 441 g/mol. The maximum Gasteiger partial charge on any atom is 0.416 e. The third kappa shape index (κ3) is 4.93. The first-order chi connectivity index (χ1) is 15.2. The van der Waals surface area contributed by atoms with Crippen molar-refractivity contribution in [3.63, 3.8) is 0 Å². The number of carbonyl (C=O) groups excluding carboxylic acids is 1. The minimum atomic E-state index is -4.36. The zero-order chi connectivity index (χ0) is 22.9. The highest BCUT2D eigenvalue weighted by Crippen LogP contribution is 2.36. The van der Waals surface area contributed by atoms with Crippen molar-refractivity contribution in [3.8, 4) is 10.4 Å². The Balaban J connectivity index is 1.40. The highest BCUT2D eigenvalue weighted by Gasteiger charge is 2.30. The van der Waals surface area contributed by atoms with Gasteiger partial charge in [0.25, 0.3) is 0 Å². The van der Waals surface area contributed by atoms with Gasteiger partial charge in [0.15, 0.2) is 5.13 Å². The quantitative estimate of drug-likeness (QED) is 0.428. The van der Waals surface area contributed by atoms with E-state index in [9.17, 15) is 23.1 Å². The lowest BCUT2D eigenvalue weighted by Gasteiger charge is -2.13. The smallest absolute Gasteiger partial charge is 0.390 e. The van der Waals surface area contributed by atoms with E-state index in [0.29, 0.717) is 35.8 Å². The van der Waals surface area contributed by atoms with Crippen LogP contribution in [0.4, 0.5) is 24.0 Å². The van der Waals surface area contributed by atoms with Gasteiger partial charge in [0.05, 0.1) is 29.2 Å².